The van der Waals surface area contributed by atoms with Crippen molar-refractivity contribution >= 4 is 11.6 Å². The van der Waals surface area contributed by atoms with Crippen molar-refractivity contribution in [3.63, 3.8) is 0 Å². The Morgan fingerprint density at radius 1 is 1.20 bits per heavy atom. The van der Waals surface area contributed by atoms with E-state index in [2.05, 4.69) is 5.43 Å². The second-order valence-corrected chi connectivity index (χ2v) is 4.93. The second kappa shape index (κ2) is 7.29. The number of hydrogen-bond donors (Lipinski definition) is 2. The molecule has 2 rings (SSSR count). The normalized spacial score (nSPS) is 12.2. The molecule has 0 fully saturated rings. The van der Waals surface area contributed by atoms with Gasteiger partial charge in [0.25, 0.3) is 0 Å². The van der Waals surface area contributed by atoms with Crippen LogP contribution in [0.4, 0.5) is 0 Å². The molecule has 0 radical (unpaired) electrons. The van der Waals surface area contributed by atoms with Gasteiger partial charge in [-0.1, -0.05) is 41.9 Å². The Kier molecular flexibility index (Phi) is 5.41. The van der Waals surface area contributed by atoms with Gasteiger partial charge in [0.1, 0.15) is 5.75 Å². The third-order valence-corrected chi connectivity index (χ3v) is 3.52. The molecule has 4 heteroatoms. The van der Waals surface area contributed by atoms with Crippen LogP contribution in [-0.4, -0.2) is 6.61 Å². The molecule has 0 aliphatic rings. The number of hydrazine groups is 1. The fraction of sp³-hybridized carbons (Fsp3) is 0.250. The van der Waals surface area contributed by atoms with Crippen molar-refractivity contribution in [2.75, 3.05) is 6.61 Å². The van der Waals surface area contributed by atoms with E-state index in [-0.39, 0.29) is 6.04 Å². The molecule has 2 aromatic rings. The Balaban J connectivity index is 2.20. The van der Waals surface area contributed by atoms with Crippen molar-refractivity contribution in [3.05, 3.63) is 64.7 Å². The molecule has 3 nitrogen and oxygen atoms in total. The third-order valence-electron chi connectivity index (χ3n) is 3.15. The van der Waals surface area contributed by atoms with Gasteiger partial charge in [0.2, 0.25) is 0 Å². The van der Waals surface area contributed by atoms with Crippen molar-refractivity contribution in [3.8, 4) is 5.75 Å². The molecular formula is C16H19ClN2O. The summed E-state index contributed by atoms with van der Waals surface area (Å²) in [4.78, 5) is 0. The topological polar surface area (TPSA) is 47.3 Å². The van der Waals surface area contributed by atoms with Gasteiger partial charge in [0.15, 0.2) is 0 Å². The zero-order valence-corrected chi connectivity index (χ0v) is 12.2. The monoisotopic (exact) mass is 290 g/mol. The van der Waals surface area contributed by atoms with Gasteiger partial charge in [-0.15, -0.1) is 0 Å². The summed E-state index contributed by atoms with van der Waals surface area (Å²) in [5.74, 6) is 6.54. The number of benzene rings is 2. The van der Waals surface area contributed by atoms with E-state index in [1.807, 2.05) is 55.5 Å². The molecule has 0 spiro atoms. The average Bonchev–Trinajstić information content (AvgIpc) is 2.47. The first-order chi connectivity index (χ1) is 9.74. The molecule has 2 aromatic carbocycles. The maximum absolute atomic E-state index is 6.20. The number of nitrogens with two attached hydrogens (primary N) is 1. The van der Waals surface area contributed by atoms with Crippen LogP contribution in [0.25, 0.3) is 0 Å². The van der Waals surface area contributed by atoms with E-state index in [9.17, 15) is 0 Å². The number of ether oxygens (including phenoxy) is 1. The Hall–Kier alpha value is -1.55. The van der Waals surface area contributed by atoms with Crippen LogP contribution in [-0.2, 0) is 6.42 Å². The standard InChI is InChI=1S/C16H19ClN2O/c1-2-20-14-8-5-7-13(10-14)16(19-18)11-12-6-3-4-9-15(12)17/h3-10,16,19H,2,11,18H2,1H3. The van der Waals surface area contributed by atoms with Gasteiger partial charge in [-0.05, 0) is 42.7 Å². The fourth-order valence-corrected chi connectivity index (χ4v) is 2.36. The highest BCUT2D eigenvalue weighted by Crippen LogP contribution is 2.25. The van der Waals surface area contributed by atoms with Gasteiger partial charge in [0, 0.05) is 5.02 Å². The Bertz CT molecular complexity index is 560. The first-order valence-corrected chi connectivity index (χ1v) is 7.04. The summed E-state index contributed by atoms with van der Waals surface area (Å²) < 4.78 is 5.52. The Morgan fingerprint density at radius 2 is 2.00 bits per heavy atom. The molecule has 0 bridgehead atoms. The highest BCUT2D eigenvalue weighted by molar-refractivity contribution is 6.31. The van der Waals surface area contributed by atoms with Gasteiger partial charge in [0.05, 0.1) is 12.6 Å². The average molecular weight is 291 g/mol. The zero-order chi connectivity index (χ0) is 14.4. The molecule has 0 aliphatic carbocycles. The Labute approximate surface area is 124 Å². The lowest BCUT2D eigenvalue weighted by molar-refractivity contribution is 0.339. The quantitative estimate of drug-likeness (QED) is 0.632. The van der Waals surface area contributed by atoms with Crippen LogP contribution in [0.5, 0.6) is 5.75 Å². The predicted octanol–water partition coefficient (Wildman–Crippen LogP) is 3.49. The van der Waals surface area contributed by atoms with Crippen LogP contribution in [0.15, 0.2) is 48.5 Å². The molecule has 0 aliphatic heterocycles. The Morgan fingerprint density at radius 3 is 2.70 bits per heavy atom. The van der Waals surface area contributed by atoms with E-state index >= 15 is 0 Å². The first kappa shape index (κ1) is 14.9. The lowest BCUT2D eigenvalue weighted by Crippen LogP contribution is -2.29. The second-order valence-electron chi connectivity index (χ2n) is 4.52. The van der Waals surface area contributed by atoms with E-state index in [4.69, 9.17) is 22.2 Å². The van der Waals surface area contributed by atoms with Crippen molar-refractivity contribution in [1.82, 2.24) is 5.43 Å². The molecule has 0 heterocycles. The maximum atomic E-state index is 6.20. The van der Waals surface area contributed by atoms with E-state index < -0.39 is 0 Å². The van der Waals surface area contributed by atoms with Crippen LogP contribution in [0.2, 0.25) is 5.02 Å². The number of hydrogen-bond acceptors (Lipinski definition) is 3. The minimum absolute atomic E-state index is 0.00435. The summed E-state index contributed by atoms with van der Waals surface area (Å²) >= 11 is 6.20. The van der Waals surface area contributed by atoms with Crippen LogP contribution < -0.4 is 16.0 Å². The largest absolute Gasteiger partial charge is 0.494 e. The van der Waals surface area contributed by atoms with Gasteiger partial charge in [-0.3, -0.25) is 11.3 Å². The first-order valence-electron chi connectivity index (χ1n) is 6.67. The van der Waals surface area contributed by atoms with E-state index in [0.29, 0.717) is 6.61 Å². The molecule has 0 saturated heterocycles. The smallest absolute Gasteiger partial charge is 0.119 e. The van der Waals surface area contributed by atoms with Crippen LogP contribution >= 0.6 is 11.6 Å². The number of rotatable bonds is 6. The highest BCUT2D eigenvalue weighted by atomic mass is 35.5. The van der Waals surface area contributed by atoms with E-state index in [1.165, 1.54) is 0 Å². The van der Waals surface area contributed by atoms with Gasteiger partial charge in [-0.2, -0.15) is 0 Å². The fourth-order valence-electron chi connectivity index (χ4n) is 2.14. The number of halogens is 1. The van der Waals surface area contributed by atoms with E-state index in [1.54, 1.807) is 0 Å². The highest BCUT2D eigenvalue weighted by Gasteiger charge is 2.13. The molecule has 106 valence electrons. The summed E-state index contributed by atoms with van der Waals surface area (Å²) in [7, 11) is 0. The van der Waals surface area contributed by atoms with Crippen LogP contribution in [0.1, 0.15) is 24.1 Å². The maximum Gasteiger partial charge on any atom is 0.119 e. The molecule has 1 atom stereocenters. The summed E-state index contributed by atoms with van der Waals surface area (Å²) in [5.41, 5.74) is 5.00. The van der Waals surface area contributed by atoms with Crippen molar-refractivity contribution in [2.45, 2.75) is 19.4 Å². The van der Waals surface area contributed by atoms with Crippen molar-refractivity contribution < 1.29 is 4.74 Å². The number of nitrogens with one attached hydrogen (secondary N) is 1. The molecule has 3 N–H and O–H groups in total. The third kappa shape index (κ3) is 3.73. The summed E-state index contributed by atoms with van der Waals surface area (Å²) in [6.07, 6.45) is 0.728. The van der Waals surface area contributed by atoms with E-state index in [0.717, 1.165) is 28.3 Å². The SMILES string of the molecule is CCOc1cccc(C(Cc2ccccc2Cl)NN)c1. The van der Waals surface area contributed by atoms with Gasteiger partial charge < -0.3 is 4.74 Å². The summed E-state index contributed by atoms with van der Waals surface area (Å²) in [5, 5.41) is 0.758. The van der Waals surface area contributed by atoms with Crippen molar-refractivity contribution in [2.24, 2.45) is 5.84 Å². The van der Waals surface area contributed by atoms with Crippen LogP contribution in [0, 0.1) is 0 Å². The lowest BCUT2D eigenvalue weighted by Gasteiger charge is -2.18. The van der Waals surface area contributed by atoms with Gasteiger partial charge in [-0.25, -0.2) is 0 Å². The minimum Gasteiger partial charge on any atom is -0.494 e. The lowest BCUT2D eigenvalue weighted by atomic mass is 9.99. The zero-order valence-electron chi connectivity index (χ0n) is 11.5. The van der Waals surface area contributed by atoms with Crippen LogP contribution in [0.3, 0.4) is 0 Å². The molecule has 0 amide bonds. The van der Waals surface area contributed by atoms with Crippen molar-refractivity contribution in [1.29, 1.82) is 0 Å². The molecule has 1 unspecified atom stereocenters. The predicted molar refractivity (Wildman–Crippen MR) is 82.8 cm³/mol. The molecule has 20 heavy (non-hydrogen) atoms. The minimum atomic E-state index is -0.00435. The molecule has 0 saturated carbocycles. The van der Waals surface area contributed by atoms with Gasteiger partial charge >= 0.3 is 0 Å². The molecule has 0 aromatic heterocycles. The summed E-state index contributed by atoms with van der Waals surface area (Å²) in [6, 6.07) is 15.7. The summed E-state index contributed by atoms with van der Waals surface area (Å²) in [6.45, 7) is 2.61. The molecular weight excluding hydrogens is 272 g/mol.